The minimum absolute atomic E-state index is 0.137. The lowest BCUT2D eigenvalue weighted by Crippen LogP contribution is -2.18. The third-order valence-electron chi connectivity index (χ3n) is 4.14. The molecule has 7 nitrogen and oxygen atoms in total. The summed E-state index contributed by atoms with van der Waals surface area (Å²) in [6.45, 7) is 5.67. The molecule has 0 aliphatic carbocycles. The Morgan fingerprint density at radius 3 is 2.50 bits per heavy atom. The van der Waals surface area contributed by atoms with Crippen LogP contribution in [0.25, 0.3) is 17.2 Å². The van der Waals surface area contributed by atoms with Crippen molar-refractivity contribution in [2.75, 3.05) is 11.1 Å². The SMILES string of the molecule is Cc1cc(C)nc(-n2nc(C)cc2NC(=O)CSc2nc(-c3ccccc3)cs2)n1. The fourth-order valence-corrected chi connectivity index (χ4v) is 4.55. The van der Waals surface area contributed by atoms with Crippen LogP contribution < -0.4 is 5.32 Å². The molecule has 0 aliphatic heterocycles. The molecule has 0 bridgehead atoms. The van der Waals surface area contributed by atoms with Crippen molar-refractivity contribution in [3.63, 3.8) is 0 Å². The molecule has 0 radical (unpaired) electrons. The zero-order valence-corrected chi connectivity index (χ0v) is 18.4. The maximum atomic E-state index is 12.6. The van der Waals surface area contributed by atoms with Crippen LogP contribution in [0, 0.1) is 20.8 Å². The number of hydrogen-bond donors (Lipinski definition) is 1. The molecule has 152 valence electrons. The molecule has 30 heavy (non-hydrogen) atoms. The molecule has 4 aromatic rings. The van der Waals surface area contributed by atoms with Gasteiger partial charge in [0.2, 0.25) is 5.91 Å². The summed E-state index contributed by atoms with van der Waals surface area (Å²) < 4.78 is 2.42. The van der Waals surface area contributed by atoms with E-state index in [0.717, 1.165) is 32.7 Å². The van der Waals surface area contributed by atoms with Crippen LogP contribution in [0.4, 0.5) is 5.82 Å². The zero-order chi connectivity index (χ0) is 21.1. The number of benzene rings is 1. The second kappa shape index (κ2) is 8.76. The number of nitrogens with one attached hydrogen (secondary N) is 1. The van der Waals surface area contributed by atoms with E-state index in [0.29, 0.717) is 11.8 Å². The van der Waals surface area contributed by atoms with Gasteiger partial charge in [0.1, 0.15) is 5.82 Å². The normalized spacial score (nSPS) is 10.9. The molecule has 0 spiro atoms. The summed E-state index contributed by atoms with van der Waals surface area (Å²) in [4.78, 5) is 26.0. The van der Waals surface area contributed by atoms with E-state index in [9.17, 15) is 4.79 Å². The van der Waals surface area contributed by atoms with Crippen LogP contribution in [0.1, 0.15) is 17.1 Å². The van der Waals surface area contributed by atoms with Crippen LogP contribution in [-0.2, 0) is 4.79 Å². The molecule has 0 fully saturated rings. The first-order valence-electron chi connectivity index (χ1n) is 9.31. The summed E-state index contributed by atoms with van der Waals surface area (Å²) in [6, 6.07) is 13.7. The first-order chi connectivity index (χ1) is 14.5. The van der Waals surface area contributed by atoms with Gasteiger partial charge in [-0.15, -0.1) is 11.3 Å². The number of anilines is 1. The van der Waals surface area contributed by atoms with Crippen LogP contribution in [0.3, 0.4) is 0 Å². The summed E-state index contributed by atoms with van der Waals surface area (Å²) in [5, 5.41) is 9.35. The van der Waals surface area contributed by atoms with Gasteiger partial charge in [0.25, 0.3) is 5.95 Å². The molecule has 3 aromatic heterocycles. The predicted octanol–water partition coefficient (Wildman–Crippen LogP) is 4.44. The Kier molecular flexibility index (Phi) is 5.91. The third-order valence-corrected chi connectivity index (χ3v) is 6.16. The van der Waals surface area contributed by atoms with Gasteiger partial charge in [0, 0.05) is 28.4 Å². The summed E-state index contributed by atoms with van der Waals surface area (Å²) in [5.41, 5.74) is 4.45. The number of carbonyl (C=O) groups excluding carboxylic acids is 1. The molecule has 0 aliphatic rings. The van der Waals surface area contributed by atoms with Crippen molar-refractivity contribution < 1.29 is 4.79 Å². The van der Waals surface area contributed by atoms with Gasteiger partial charge in [-0.25, -0.2) is 15.0 Å². The van der Waals surface area contributed by atoms with E-state index in [2.05, 4.69) is 25.4 Å². The average Bonchev–Trinajstić information content (AvgIpc) is 3.33. The van der Waals surface area contributed by atoms with Gasteiger partial charge in [-0.1, -0.05) is 42.1 Å². The fraction of sp³-hybridized carbons (Fsp3) is 0.190. The second-order valence-corrected chi connectivity index (χ2v) is 8.82. The first-order valence-corrected chi connectivity index (χ1v) is 11.2. The van der Waals surface area contributed by atoms with Gasteiger partial charge in [0.15, 0.2) is 4.34 Å². The average molecular weight is 437 g/mol. The van der Waals surface area contributed by atoms with E-state index in [1.165, 1.54) is 23.1 Å². The smallest absolute Gasteiger partial charge is 0.252 e. The van der Waals surface area contributed by atoms with E-state index in [1.807, 2.05) is 62.5 Å². The number of thioether (sulfide) groups is 1. The number of hydrogen-bond acceptors (Lipinski definition) is 7. The molecule has 1 N–H and O–H groups in total. The van der Waals surface area contributed by atoms with Crippen molar-refractivity contribution in [1.29, 1.82) is 0 Å². The topological polar surface area (TPSA) is 85.6 Å². The van der Waals surface area contributed by atoms with Gasteiger partial charge in [0.05, 0.1) is 17.1 Å². The van der Waals surface area contributed by atoms with E-state index < -0.39 is 0 Å². The Morgan fingerprint density at radius 1 is 1.03 bits per heavy atom. The second-order valence-electron chi connectivity index (χ2n) is 6.74. The summed E-state index contributed by atoms with van der Waals surface area (Å²) in [7, 11) is 0. The van der Waals surface area contributed by atoms with Gasteiger partial charge in [-0.3, -0.25) is 4.79 Å². The molecule has 9 heteroatoms. The van der Waals surface area contributed by atoms with Crippen molar-refractivity contribution in [3.05, 3.63) is 64.9 Å². The molecule has 0 saturated carbocycles. The number of aryl methyl sites for hydroxylation is 3. The Labute approximate surface area is 182 Å². The van der Waals surface area contributed by atoms with Gasteiger partial charge in [-0.05, 0) is 26.8 Å². The number of rotatable bonds is 6. The highest BCUT2D eigenvalue weighted by atomic mass is 32.2. The molecule has 3 heterocycles. The predicted molar refractivity (Wildman–Crippen MR) is 120 cm³/mol. The quantitative estimate of drug-likeness (QED) is 0.450. The van der Waals surface area contributed by atoms with Gasteiger partial charge >= 0.3 is 0 Å². The molecule has 0 atom stereocenters. The monoisotopic (exact) mass is 436 g/mol. The Hall–Kier alpha value is -3.04. The Balaban J connectivity index is 1.43. The molecular weight excluding hydrogens is 416 g/mol. The molecule has 4 rings (SSSR count). The maximum Gasteiger partial charge on any atom is 0.252 e. The highest BCUT2D eigenvalue weighted by molar-refractivity contribution is 8.01. The third kappa shape index (κ3) is 4.74. The largest absolute Gasteiger partial charge is 0.310 e. The van der Waals surface area contributed by atoms with E-state index in [-0.39, 0.29) is 11.7 Å². The van der Waals surface area contributed by atoms with Crippen LogP contribution >= 0.6 is 23.1 Å². The standard InChI is InChI=1S/C21H20N6OS2/c1-13-9-14(2)23-20(22-13)27-18(10-15(3)26-27)25-19(28)12-30-21-24-17(11-29-21)16-7-5-4-6-8-16/h4-11H,12H2,1-3H3,(H,25,28). The van der Waals surface area contributed by atoms with E-state index in [4.69, 9.17) is 0 Å². The van der Waals surface area contributed by atoms with Crippen LogP contribution in [0.2, 0.25) is 0 Å². The minimum Gasteiger partial charge on any atom is -0.310 e. The molecule has 0 unspecified atom stereocenters. The lowest BCUT2D eigenvalue weighted by Gasteiger charge is -2.08. The van der Waals surface area contributed by atoms with E-state index in [1.54, 1.807) is 10.7 Å². The fourth-order valence-electron chi connectivity index (χ4n) is 2.91. The van der Waals surface area contributed by atoms with Crippen molar-refractivity contribution in [2.45, 2.75) is 25.1 Å². The lowest BCUT2D eigenvalue weighted by molar-refractivity contribution is -0.113. The number of aromatic nitrogens is 5. The van der Waals surface area contributed by atoms with Crippen LogP contribution in [-0.4, -0.2) is 36.4 Å². The number of thiazole rings is 1. The van der Waals surface area contributed by atoms with Crippen molar-refractivity contribution >= 4 is 34.8 Å². The molecule has 1 amide bonds. The van der Waals surface area contributed by atoms with Crippen LogP contribution in [0.15, 0.2) is 52.2 Å². The number of carbonyl (C=O) groups is 1. The lowest BCUT2D eigenvalue weighted by atomic mass is 10.2. The van der Waals surface area contributed by atoms with Crippen molar-refractivity contribution in [3.8, 4) is 17.2 Å². The molecule has 0 saturated heterocycles. The summed E-state index contributed by atoms with van der Waals surface area (Å²) >= 11 is 2.95. The van der Waals surface area contributed by atoms with Gasteiger partial charge in [-0.2, -0.15) is 9.78 Å². The highest BCUT2D eigenvalue weighted by Crippen LogP contribution is 2.28. The van der Waals surface area contributed by atoms with E-state index >= 15 is 0 Å². The maximum absolute atomic E-state index is 12.6. The Bertz CT molecular complexity index is 1170. The molecule has 1 aromatic carbocycles. The number of amides is 1. The Morgan fingerprint density at radius 2 is 1.77 bits per heavy atom. The summed E-state index contributed by atoms with van der Waals surface area (Å²) in [5.74, 6) is 1.10. The van der Waals surface area contributed by atoms with Crippen LogP contribution in [0.5, 0.6) is 0 Å². The van der Waals surface area contributed by atoms with Crippen molar-refractivity contribution in [2.24, 2.45) is 0 Å². The first kappa shape index (κ1) is 20.2. The van der Waals surface area contributed by atoms with Gasteiger partial charge < -0.3 is 5.32 Å². The highest BCUT2D eigenvalue weighted by Gasteiger charge is 2.15. The molecular formula is C21H20N6OS2. The zero-order valence-electron chi connectivity index (χ0n) is 16.8. The van der Waals surface area contributed by atoms with Crippen molar-refractivity contribution in [1.82, 2.24) is 24.7 Å². The minimum atomic E-state index is -0.137. The summed E-state index contributed by atoms with van der Waals surface area (Å²) in [6.07, 6.45) is 0. The number of nitrogens with zero attached hydrogens (tertiary/aromatic N) is 5.